The van der Waals surface area contributed by atoms with E-state index in [1.54, 1.807) is 7.11 Å². The van der Waals surface area contributed by atoms with Crippen molar-refractivity contribution in [2.45, 2.75) is 25.4 Å². The normalized spacial score (nSPS) is 24.8. The van der Waals surface area contributed by atoms with Crippen LogP contribution >= 0.6 is 0 Å². The quantitative estimate of drug-likeness (QED) is 0.850. The van der Waals surface area contributed by atoms with E-state index in [2.05, 4.69) is 10.4 Å². The first-order valence-electron chi connectivity index (χ1n) is 5.91. The summed E-state index contributed by atoms with van der Waals surface area (Å²) >= 11 is 0. The summed E-state index contributed by atoms with van der Waals surface area (Å²) in [5, 5.41) is 7.69. The highest BCUT2D eigenvalue weighted by Crippen LogP contribution is 2.15. The highest BCUT2D eigenvalue weighted by atomic mass is 32.2. The Balaban J connectivity index is 1.82. The molecule has 1 aliphatic heterocycles. The topological polar surface area (TPSA) is 56.1 Å². The summed E-state index contributed by atoms with van der Waals surface area (Å²) in [7, 11) is 1.09. The fourth-order valence-electron chi connectivity index (χ4n) is 1.92. The molecule has 5 nitrogen and oxygen atoms in total. The zero-order valence-electron chi connectivity index (χ0n) is 10.1. The van der Waals surface area contributed by atoms with Crippen LogP contribution in [0, 0.1) is 0 Å². The molecular formula is C11H19N3O2S. The molecule has 1 fully saturated rings. The van der Waals surface area contributed by atoms with Gasteiger partial charge in [-0.3, -0.25) is 8.89 Å². The zero-order chi connectivity index (χ0) is 12.1. The number of hydrogen-bond acceptors (Lipinski definition) is 4. The van der Waals surface area contributed by atoms with Crippen molar-refractivity contribution in [1.82, 2.24) is 9.78 Å². The lowest BCUT2D eigenvalue weighted by Crippen LogP contribution is -2.29. The summed E-state index contributed by atoms with van der Waals surface area (Å²) in [6, 6.07) is 0.438. The lowest BCUT2D eigenvalue weighted by atomic mass is 10.1. The molecule has 96 valence electrons. The maximum absolute atomic E-state index is 11.2. The first kappa shape index (κ1) is 12.6. The van der Waals surface area contributed by atoms with Gasteiger partial charge in [-0.15, -0.1) is 0 Å². The second-order valence-corrected chi connectivity index (χ2v) is 5.95. The molecule has 0 spiro atoms. The molecule has 1 aromatic heterocycles. The van der Waals surface area contributed by atoms with E-state index in [1.807, 2.05) is 17.1 Å². The number of nitrogens with one attached hydrogen (secondary N) is 1. The molecule has 0 aromatic carbocycles. The third-order valence-corrected chi connectivity index (χ3v) is 4.30. The van der Waals surface area contributed by atoms with Crippen molar-refractivity contribution < 1.29 is 8.95 Å². The zero-order valence-corrected chi connectivity index (χ0v) is 10.9. The first-order valence-corrected chi connectivity index (χ1v) is 7.39. The van der Waals surface area contributed by atoms with Gasteiger partial charge in [0.05, 0.1) is 25.0 Å². The number of hydrogen-bond donors (Lipinski definition) is 1. The Labute approximate surface area is 104 Å². The molecule has 2 rings (SSSR count). The summed E-state index contributed by atoms with van der Waals surface area (Å²) in [6.07, 6.45) is 5.79. The monoisotopic (exact) mass is 257 g/mol. The van der Waals surface area contributed by atoms with E-state index in [9.17, 15) is 4.21 Å². The standard InChI is InChI=1S/C11H19N3O2S/c1-16-5-4-14-9-11(8-12-14)13-10-2-6-17(15)7-3-10/h8-10,13H,2-7H2,1H3. The van der Waals surface area contributed by atoms with Crippen LogP contribution in [0.1, 0.15) is 12.8 Å². The van der Waals surface area contributed by atoms with E-state index in [0.29, 0.717) is 12.6 Å². The predicted molar refractivity (Wildman–Crippen MR) is 68.6 cm³/mol. The molecule has 1 aliphatic rings. The third-order valence-electron chi connectivity index (χ3n) is 2.92. The number of aromatic nitrogens is 2. The Morgan fingerprint density at radius 2 is 2.35 bits per heavy atom. The molecule has 1 aromatic rings. The number of anilines is 1. The van der Waals surface area contributed by atoms with Crippen molar-refractivity contribution >= 4 is 16.5 Å². The SMILES string of the molecule is COCCn1cc(NC2CCS(=O)CC2)cn1. The van der Waals surface area contributed by atoms with Gasteiger partial charge in [0.25, 0.3) is 0 Å². The summed E-state index contributed by atoms with van der Waals surface area (Å²) in [4.78, 5) is 0. The Morgan fingerprint density at radius 1 is 1.59 bits per heavy atom. The van der Waals surface area contributed by atoms with Crippen LogP contribution in [0.15, 0.2) is 12.4 Å². The fourth-order valence-corrected chi connectivity index (χ4v) is 3.22. The summed E-state index contributed by atoms with van der Waals surface area (Å²) in [5.74, 6) is 1.63. The van der Waals surface area contributed by atoms with Crippen LogP contribution < -0.4 is 5.32 Å². The first-order chi connectivity index (χ1) is 8.28. The Kier molecular flexibility index (Phi) is 4.56. The number of methoxy groups -OCH3 is 1. The minimum atomic E-state index is -0.595. The van der Waals surface area contributed by atoms with Crippen LogP contribution in [0.5, 0.6) is 0 Å². The van der Waals surface area contributed by atoms with Crippen molar-refractivity contribution in [3.8, 4) is 0 Å². The lowest BCUT2D eigenvalue weighted by Gasteiger charge is -2.22. The fraction of sp³-hybridized carbons (Fsp3) is 0.727. The predicted octanol–water partition coefficient (Wildman–Crippen LogP) is 0.852. The largest absolute Gasteiger partial charge is 0.383 e. The smallest absolute Gasteiger partial charge is 0.0728 e. The van der Waals surface area contributed by atoms with Gasteiger partial charge in [-0.1, -0.05) is 0 Å². The van der Waals surface area contributed by atoms with Gasteiger partial charge in [-0.2, -0.15) is 5.10 Å². The van der Waals surface area contributed by atoms with Crippen molar-refractivity contribution in [3.63, 3.8) is 0 Å². The average molecular weight is 257 g/mol. The summed E-state index contributed by atoms with van der Waals surface area (Å²) in [6.45, 7) is 1.44. The molecule has 0 radical (unpaired) electrons. The van der Waals surface area contributed by atoms with Gasteiger partial charge in [-0.25, -0.2) is 0 Å². The van der Waals surface area contributed by atoms with Crippen LogP contribution in [0.4, 0.5) is 5.69 Å². The molecule has 17 heavy (non-hydrogen) atoms. The Hall–Kier alpha value is -0.880. The molecule has 1 N–H and O–H groups in total. The van der Waals surface area contributed by atoms with E-state index in [0.717, 1.165) is 36.6 Å². The van der Waals surface area contributed by atoms with Crippen LogP contribution in [0.25, 0.3) is 0 Å². The van der Waals surface area contributed by atoms with Crippen molar-refractivity contribution in [2.75, 3.05) is 30.5 Å². The Morgan fingerprint density at radius 3 is 3.06 bits per heavy atom. The van der Waals surface area contributed by atoms with Gasteiger partial charge < -0.3 is 10.1 Å². The van der Waals surface area contributed by atoms with Crippen molar-refractivity contribution in [2.24, 2.45) is 0 Å². The van der Waals surface area contributed by atoms with Crippen LogP contribution in [0.2, 0.25) is 0 Å². The minimum absolute atomic E-state index is 0.438. The number of rotatable bonds is 5. The van der Waals surface area contributed by atoms with Gasteiger partial charge in [0.1, 0.15) is 0 Å². The van der Waals surface area contributed by atoms with Crippen molar-refractivity contribution in [3.05, 3.63) is 12.4 Å². The maximum atomic E-state index is 11.2. The molecule has 0 saturated carbocycles. The van der Waals surface area contributed by atoms with E-state index < -0.39 is 10.8 Å². The van der Waals surface area contributed by atoms with E-state index >= 15 is 0 Å². The maximum Gasteiger partial charge on any atom is 0.0728 e. The van der Waals surface area contributed by atoms with E-state index in [-0.39, 0.29) is 0 Å². The molecule has 6 heteroatoms. The van der Waals surface area contributed by atoms with Gasteiger partial charge in [0.15, 0.2) is 0 Å². The molecule has 0 atom stereocenters. The lowest BCUT2D eigenvalue weighted by molar-refractivity contribution is 0.183. The highest BCUT2D eigenvalue weighted by molar-refractivity contribution is 7.85. The van der Waals surface area contributed by atoms with E-state index in [4.69, 9.17) is 4.74 Å². The second-order valence-electron chi connectivity index (χ2n) is 4.25. The summed E-state index contributed by atoms with van der Waals surface area (Å²) < 4.78 is 18.1. The molecule has 2 heterocycles. The number of nitrogens with zero attached hydrogens (tertiary/aromatic N) is 2. The molecular weight excluding hydrogens is 238 g/mol. The van der Waals surface area contributed by atoms with Gasteiger partial charge in [0, 0.05) is 41.7 Å². The summed E-state index contributed by atoms with van der Waals surface area (Å²) in [5.41, 5.74) is 1.04. The third kappa shape index (κ3) is 3.81. The van der Waals surface area contributed by atoms with Gasteiger partial charge >= 0.3 is 0 Å². The van der Waals surface area contributed by atoms with Gasteiger partial charge in [-0.05, 0) is 12.8 Å². The molecule has 0 unspecified atom stereocenters. The highest BCUT2D eigenvalue weighted by Gasteiger charge is 2.17. The molecule has 0 aliphatic carbocycles. The van der Waals surface area contributed by atoms with Crippen LogP contribution in [0.3, 0.4) is 0 Å². The second kappa shape index (κ2) is 6.16. The van der Waals surface area contributed by atoms with Gasteiger partial charge in [0.2, 0.25) is 0 Å². The van der Waals surface area contributed by atoms with Crippen LogP contribution in [-0.4, -0.2) is 45.3 Å². The molecule has 0 bridgehead atoms. The molecule has 1 saturated heterocycles. The minimum Gasteiger partial charge on any atom is -0.383 e. The van der Waals surface area contributed by atoms with E-state index in [1.165, 1.54) is 0 Å². The average Bonchev–Trinajstić information content (AvgIpc) is 2.77. The van der Waals surface area contributed by atoms with Crippen LogP contribution in [-0.2, 0) is 22.1 Å². The number of ether oxygens (including phenoxy) is 1. The Bertz CT molecular complexity index is 371. The van der Waals surface area contributed by atoms with Crippen molar-refractivity contribution in [1.29, 1.82) is 0 Å². The molecule has 0 amide bonds.